The van der Waals surface area contributed by atoms with Crippen LogP contribution in [0.2, 0.25) is 0 Å². The maximum atomic E-state index is 13.0. The molecular weight excluding hydrogens is 390 g/mol. The van der Waals surface area contributed by atoms with Crippen LogP contribution in [0, 0.1) is 10.1 Å². The van der Waals surface area contributed by atoms with Crippen molar-refractivity contribution in [2.24, 2.45) is 0 Å². The molecule has 0 radical (unpaired) electrons. The molecule has 0 atom stereocenters. The van der Waals surface area contributed by atoms with Crippen molar-refractivity contribution in [3.05, 3.63) is 69.3 Å². The van der Waals surface area contributed by atoms with E-state index in [2.05, 4.69) is 5.32 Å². The minimum absolute atomic E-state index is 0.00271. The van der Waals surface area contributed by atoms with E-state index in [1.165, 1.54) is 24.3 Å². The number of likely N-dealkylation sites (tertiary alicyclic amines) is 1. The largest absolute Gasteiger partial charge is 0.452 e. The molecule has 1 amide bonds. The second-order valence-electron chi connectivity index (χ2n) is 6.78. The van der Waals surface area contributed by atoms with Crippen molar-refractivity contribution in [1.82, 2.24) is 4.90 Å². The van der Waals surface area contributed by atoms with Crippen LogP contribution in [0.5, 0.6) is 0 Å². The Hall–Kier alpha value is -3.75. The summed E-state index contributed by atoms with van der Waals surface area (Å²) in [5, 5.41) is 14.0. The summed E-state index contributed by atoms with van der Waals surface area (Å²) in [5.74, 6) is -1.63. The lowest BCUT2D eigenvalue weighted by molar-refractivity contribution is -0.384. The molecule has 3 rings (SSSR count). The van der Waals surface area contributed by atoms with E-state index in [4.69, 9.17) is 4.74 Å². The molecule has 0 aromatic heterocycles. The highest BCUT2D eigenvalue weighted by molar-refractivity contribution is 6.15. The van der Waals surface area contributed by atoms with Gasteiger partial charge in [-0.25, -0.2) is 4.79 Å². The number of rotatable bonds is 7. The molecule has 1 heterocycles. The van der Waals surface area contributed by atoms with Crippen molar-refractivity contribution >= 4 is 29.0 Å². The van der Waals surface area contributed by atoms with E-state index in [1.54, 1.807) is 24.1 Å². The van der Waals surface area contributed by atoms with E-state index in [-0.39, 0.29) is 34.0 Å². The molecule has 9 heteroatoms. The summed E-state index contributed by atoms with van der Waals surface area (Å²) >= 11 is 0. The average molecular weight is 411 g/mol. The zero-order chi connectivity index (χ0) is 21.7. The Balaban J connectivity index is 1.81. The topological polar surface area (TPSA) is 119 Å². The Kier molecular flexibility index (Phi) is 6.41. The zero-order valence-electron chi connectivity index (χ0n) is 16.4. The van der Waals surface area contributed by atoms with Gasteiger partial charge in [0.05, 0.1) is 10.5 Å². The Morgan fingerprint density at radius 3 is 2.40 bits per heavy atom. The molecule has 0 aliphatic carbocycles. The second kappa shape index (κ2) is 9.17. The molecule has 156 valence electrons. The molecule has 0 spiro atoms. The van der Waals surface area contributed by atoms with Gasteiger partial charge in [0, 0.05) is 37.3 Å². The van der Waals surface area contributed by atoms with Gasteiger partial charge < -0.3 is 15.0 Å². The molecule has 0 bridgehead atoms. The third-order valence-electron chi connectivity index (χ3n) is 4.90. The molecule has 1 N–H and O–H groups in total. The van der Waals surface area contributed by atoms with Crippen LogP contribution in [0.4, 0.5) is 11.4 Å². The van der Waals surface area contributed by atoms with Crippen LogP contribution >= 0.6 is 0 Å². The van der Waals surface area contributed by atoms with E-state index in [1.807, 2.05) is 0 Å². The fourth-order valence-corrected chi connectivity index (χ4v) is 3.31. The Bertz CT molecular complexity index is 998. The minimum atomic E-state index is -0.798. The summed E-state index contributed by atoms with van der Waals surface area (Å²) in [4.78, 5) is 49.9. The van der Waals surface area contributed by atoms with Crippen LogP contribution < -0.4 is 5.32 Å². The van der Waals surface area contributed by atoms with Crippen molar-refractivity contribution in [1.29, 1.82) is 0 Å². The summed E-state index contributed by atoms with van der Waals surface area (Å²) < 4.78 is 5.13. The van der Waals surface area contributed by atoms with Crippen LogP contribution in [0.1, 0.15) is 39.1 Å². The SMILES string of the molecule is CNc1ccc(C(=O)c2ccccc2C(=O)OCC(=O)N2CCCC2)cc1[N+](=O)[O-]. The first kappa shape index (κ1) is 21.0. The van der Waals surface area contributed by atoms with Crippen molar-refractivity contribution in [2.45, 2.75) is 12.8 Å². The number of hydrogen-bond acceptors (Lipinski definition) is 7. The van der Waals surface area contributed by atoms with Gasteiger partial charge in [-0.05, 0) is 31.0 Å². The first-order chi connectivity index (χ1) is 14.4. The lowest BCUT2D eigenvalue weighted by atomic mass is 9.97. The Morgan fingerprint density at radius 2 is 1.77 bits per heavy atom. The fourth-order valence-electron chi connectivity index (χ4n) is 3.31. The molecular formula is C21H21N3O6. The van der Waals surface area contributed by atoms with Crippen LogP contribution in [0.15, 0.2) is 42.5 Å². The van der Waals surface area contributed by atoms with E-state index >= 15 is 0 Å². The first-order valence-electron chi connectivity index (χ1n) is 9.47. The normalized spacial score (nSPS) is 13.0. The number of ketones is 1. The van der Waals surface area contributed by atoms with Crippen LogP contribution in [0.3, 0.4) is 0 Å². The summed E-state index contributed by atoms with van der Waals surface area (Å²) in [6, 6.07) is 10.1. The molecule has 9 nitrogen and oxygen atoms in total. The molecule has 1 aliphatic heterocycles. The fraction of sp³-hybridized carbons (Fsp3) is 0.286. The number of nitro benzene ring substituents is 1. The van der Waals surface area contributed by atoms with E-state index in [0.29, 0.717) is 13.1 Å². The second-order valence-corrected chi connectivity index (χ2v) is 6.78. The standard InChI is InChI=1S/C21H21N3O6/c1-22-17-9-8-14(12-18(17)24(28)29)20(26)15-6-2-3-7-16(15)21(27)30-13-19(25)23-10-4-5-11-23/h2-3,6-9,12,22H,4-5,10-11,13H2,1H3. The van der Waals surface area contributed by atoms with Gasteiger partial charge in [0.2, 0.25) is 0 Å². The van der Waals surface area contributed by atoms with E-state index < -0.39 is 23.3 Å². The van der Waals surface area contributed by atoms with Gasteiger partial charge in [-0.2, -0.15) is 0 Å². The predicted octanol–water partition coefficient (Wildman–Crippen LogP) is 2.65. The Morgan fingerprint density at radius 1 is 1.10 bits per heavy atom. The third-order valence-corrected chi connectivity index (χ3v) is 4.90. The zero-order valence-corrected chi connectivity index (χ0v) is 16.4. The number of amides is 1. The number of hydrogen-bond donors (Lipinski definition) is 1. The van der Waals surface area contributed by atoms with Crippen molar-refractivity contribution in [3.8, 4) is 0 Å². The number of esters is 1. The lowest BCUT2D eigenvalue weighted by Gasteiger charge is -2.15. The Labute approximate surface area is 172 Å². The number of nitrogens with zero attached hydrogens (tertiary/aromatic N) is 2. The van der Waals surface area contributed by atoms with Crippen molar-refractivity contribution < 1.29 is 24.0 Å². The monoisotopic (exact) mass is 411 g/mol. The number of carbonyl (C=O) groups is 3. The van der Waals surface area contributed by atoms with Crippen LogP contribution in [-0.2, 0) is 9.53 Å². The van der Waals surface area contributed by atoms with E-state index in [9.17, 15) is 24.5 Å². The first-order valence-corrected chi connectivity index (χ1v) is 9.47. The van der Waals surface area contributed by atoms with Gasteiger partial charge in [-0.1, -0.05) is 18.2 Å². The molecule has 2 aromatic carbocycles. The maximum absolute atomic E-state index is 13.0. The minimum Gasteiger partial charge on any atom is -0.452 e. The van der Waals surface area contributed by atoms with Gasteiger partial charge >= 0.3 is 5.97 Å². The quantitative estimate of drug-likeness (QED) is 0.322. The third kappa shape index (κ3) is 4.45. The molecule has 1 saturated heterocycles. The van der Waals surface area contributed by atoms with Crippen molar-refractivity contribution in [2.75, 3.05) is 32.1 Å². The van der Waals surface area contributed by atoms with Gasteiger partial charge in [-0.15, -0.1) is 0 Å². The highest BCUT2D eigenvalue weighted by Crippen LogP contribution is 2.27. The van der Waals surface area contributed by atoms with Gasteiger partial charge in [0.15, 0.2) is 12.4 Å². The molecule has 2 aromatic rings. The van der Waals surface area contributed by atoms with Crippen molar-refractivity contribution in [3.63, 3.8) is 0 Å². The number of nitrogens with one attached hydrogen (secondary N) is 1. The summed E-state index contributed by atoms with van der Waals surface area (Å²) in [7, 11) is 1.54. The summed E-state index contributed by atoms with van der Waals surface area (Å²) in [5.41, 5.74) is 0.123. The van der Waals surface area contributed by atoms with Crippen LogP contribution in [0.25, 0.3) is 0 Å². The number of nitro groups is 1. The molecule has 1 aliphatic rings. The van der Waals surface area contributed by atoms with Crippen LogP contribution in [-0.4, -0.2) is 54.2 Å². The molecule has 1 fully saturated rings. The number of carbonyl (C=O) groups excluding carboxylic acids is 3. The highest BCUT2D eigenvalue weighted by Gasteiger charge is 2.24. The van der Waals surface area contributed by atoms with E-state index in [0.717, 1.165) is 18.9 Å². The van der Waals surface area contributed by atoms with Gasteiger partial charge in [-0.3, -0.25) is 19.7 Å². The smallest absolute Gasteiger partial charge is 0.339 e. The predicted molar refractivity (Wildman–Crippen MR) is 109 cm³/mol. The molecule has 0 unspecified atom stereocenters. The maximum Gasteiger partial charge on any atom is 0.339 e. The average Bonchev–Trinajstić information content (AvgIpc) is 3.31. The summed E-state index contributed by atoms with van der Waals surface area (Å²) in [6.07, 6.45) is 1.85. The molecule has 0 saturated carbocycles. The van der Waals surface area contributed by atoms with Gasteiger partial charge in [0.25, 0.3) is 11.6 Å². The lowest BCUT2D eigenvalue weighted by Crippen LogP contribution is -2.32. The van der Waals surface area contributed by atoms with Gasteiger partial charge in [0.1, 0.15) is 5.69 Å². The summed E-state index contributed by atoms with van der Waals surface area (Å²) in [6.45, 7) is 0.892. The number of ether oxygens (including phenoxy) is 1. The molecule has 30 heavy (non-hydrogen) atoms. The number of benzene rings is 2. The highest BCUT2D eigenvalue weighted by atomic mass is 16.6. The number of anilines is 1.